The summed E-state index contributed by atoms with van der Waals surface area (Å²) in [5.41, 5.74) is 0.505. The average Bonchev–Trinajstić information content (AvgIpc) is 3.39. The number of amides is 1. The Bertz CT molecular complexity index is 1020. The van der Waals surface area contributed by atoms with Gasteiger partial charge in [-0.15, -0.1) is 11.3 Å². The summed E-state index contributed by atoms with van der Waals surface area (Å²) in [5, 5.41) is 14.2. The van der Waals surface area contributed by atoms with Crippen LogP contribution in [0.4, 0.5) is 10.8 Å². The summed E-state index contributed by atoms with van der Waals surface area (Å²) < 4.78 is 5.60. The van der Waals surface area contributed by atoms with Crippen LogP contribution in [0.25, 0.3) is 11.3 Å². The number of aromatic nitrogens is 1. The van der Waals surface area contributed by atoms with E-state index in [1.165, 1.54) is 42.7 Å². The maximum Gasteiger partial charge on any atom is 0.293 e. The normalized spacial score (nSPS) is 14.6. The molecule has 0 atom stereocenters. The zero-order valence-electron chi connectivity index (χ0n) is 15.7. The van der Waals surface area contributed by atoms with Gasteiger partial charge < -0.3 is 4.42 Å². The molecule has 0 spiro atoms. The van der Waals surface area contributed by atoms with Gasteiger partial charge in [0.1, 0.15) is 5.76 Å². The zero-order valence-corrected chi connectivity index (χ0v) is 16.5. The van der Waals surface area contributed by atoms with E-state index in [1.54, 1.807) is 30.5 Å². The fourth-order valence-corrected chi connectivity index (χ4v) is 4.17. The average molecular weight is 412 g/mol. The van der Waals surface area contributed by atoms with Crippen LogP contribution in [0.3, 0.4) is 0 Å². The lowest BCUT2D eigenvalue weighted by Gasteiger charge is -2.25. The molecule has 3 aromatic rings. The van der Waals surface area contributed by atoms with Gasteiger partial charge in [0, 0.05) is 35.3 Å². The van der Waals surface area contributed by atoms with E-state index in [-0.39, 0.29) is 11.4 Å². The number of carbonyl (C=O) groups is 1. The van der Waals surface area contributed by atoms with Crippen molar-refractivity contribution in [3.05, 3.63) is 63.3 Å². The molecule has 1 N–H and O–H groups in total. The van der Waals surface area contributed by atoms with E-state index >= 15 is 0 Å². The highest BCUT2D eigenvalue weighted by Gasteiger charge is 2.17. The van der Waals surface area contributed by atoms with Gasteiger partial charge in [-0.05, 0) is 38.1 Å². The lowest BCUT2D eigenvalue weighted by atomic mass is 10.1. The van der Waals surface area contributed by atoms with Crippen LogP contribution < -0.4 is 5.32 Å². The Morgan fingerprint density at radius 3 is 2.86 bits per heavy atom. The maximum absolute atomic E-state index is 12.5. The number of non-ortho nitro benzene ring substituents is 1. The van der Waals surface area contributed by atoms with Crippen LogP contribution in [0.5, 0.6) is 0 Å². The van der Waals surface area contributed by atoms with Crippen molar-refractivity contribution >= 4 is 28.1 Å². The second-order valence-corrected chi connectivity index (χ2v) is 8.01. The standard InChI is InChI=1S/C20H20N4O4S/c25-19(22-20-21-12-16(29-20)13-23-9-2-1-3-10-23)18-8-7-17(28-18)14-5-4-6-15(11-14)24(26)27/h4-8,11-12H,1-3,9-10,13H2,(H,21,22,25). The third-order valence-corrected chi connectivity index (χ3v) is 5.67. The van der Waals surface area contributed by atoms with Gasteiger partial charge in [0.2, 0.25) is 0 Å². The van der Waals surface area contributed by atoms with Gasteiger partial charge in [-0.25, -0.2) is 4.98 Å². The summed E-state index contributed by atoms with van der Waals surface area (Å²) in [5.74, 6) is 0.114. The second-order valence-electron chi connectivity index (χ2n) is 6.89. The summed E-state index contributed by atoms with van der Waals surface area (Å²) >= 11 is 1.46. The topological polar surface area (TPSA) is 102 Å². The fraction of sp³-hybridized carbons (Fsp3) is 0.300. The van der Waals surface area contributed by atoms with Gasteiger partial charge in [-0.1, -0.05) is 18.6 Å². The minimum absolute atomic E-state index is 0.0334. The number of furan rings is 1. The van der Waals surface area contributed by atoms with Gasteiger partial charge in [-0.2, -0.15) is 0 Å². The zero-order chi connectivity index (χ0) is 20.2. The van der Waals surface area contributed by atoms with E-state index in [2.05, 4.69) is 15.2 Å². The van der Waals surface area contributed by atoms with Crippen molar-refractivity contribution in [3.63, 3.8) is 0 Å². The van der Waals surface area contributed by atoms with Crippen molar-refractivity contribution < 1.29 is 14.1 Å². The third-order valence-electron chi connectivity index (χ3n) is 4.77. The number of benzene rings is 1. The number of hydrogen-bond donors (Lipinski definition) is 1. The van der Waals surface area contributed by atoms with Crippen LogP contribution in [-0.4, -0.2) is 33.8 Å². The molecule has 1 saturated heterocycles. The molecule has 8 nitrogen and oxygen atoms in total. The number of carbonyl (C=O) groups excluding carboxylic acids is 1. The molecule has 29 heavy (non-hydrogen) atoms. The Morgan fingerprint density at radius 2 is 2.07 bits per heavy atom. The van der Waals surface area contributed by atoms with Crippen LogP contribution >= 0.6 is 11.3 Å². The first-order valence-corrected chi connectivity index (χ1v) is 10.2. The SMILES string of the molecule is O=C(Nc1ncc(CN2CCCCC2)s1)c1ccc(-c2cccc([N+](=O)[O-])c2)o1. The van der Waals surface area contributed by atoms with Gasteiger partial charge in [0.05, 0.1) is 4.92 Å². The molecule has 0 saturated carbocycles. The molecule has 1 aliphatic rings. The number of thiazole rings is 1. The Labute approximate surface area is 171 Å². The molecule has 4 rings (SSSR count). The molecule has 0 unspecified atom stereocenters. The largest absolute Gasteiger partial charge is 0.451 e. The molecule has 2 aromatic heterocycles. The number of nitro groups is 1. The number of nitro benzene ring substituents is 1. The highest BCUT2D eigenvalue weighted by Crippen LogP contribution is 2.27. The van der Waals surface area contributed by atoms with Crippen LogP contribution in [0.1, 0.15) is 34.7 Å². The van der Waals surface area contributed by atoms with Crippen molar-refractivity contribution in [2.24, 2.45) is 0 Å². The van der Waals surface area contributed by atoms with Crippen molar-refractivity contribution in [2.75, 3.05) is 18.4 Å². The molecule has 0 aliphatic carbocycles. The van der Waals surface area contributed by atoms with Crippen LogP contribution in [0, 0.1) is 10.1 Å². The van der Waals surface area contributed by atoms with Gasteiger partial charge in [0.15, 0.2) is 10.9 Å². The van der Waals surface area contributed by atoms with Gasteiger partial charge in [-0.3, -0.25) is 25.1 Å². The number of likely N-dealkylation sites (tertiary alicyclic amines) is 1. The number of rotatable bonds is 6. The summed E-state index contributed by atoms with van der Waals surface area (Å²) in [7, 11) is 0. The van der Waals surface area contributed by atoms with E-state index in [1.807, 2.05) is 0 Å². The molecule has 9 heteroatoms. The number of hydrogen-bond acceptors (Lipinski definition) is 7. The fourth-order valence-electron chi connectivity index (χ4n) is 3.32. The van der Waals surface area contributed by atoms with Crippen LogP contribution in [0.15, 0.2) is 47.0 Å². The molecule has 1 aliphatic heterocycles. The predicted molar refractivity (Wildman–Crippen MR) is 110 cm³/mol. The Morgan fingerprint density at radius 1 is 1.24 bits per heavy atom. The highest BCUT2D eigenvalue weighted by molar-refractivity contribution is 7.15. The third kappa shape index (κ3) is 4.69. The Kier molecular flexibility index (Phi) is 5.68. The van der Waals surface area contributed by atoms with E-state index in [0.717, 1.165) is 24.5 Å². The van der Waals surface area contributed by atoms with E-state index in [9.17, 15) is 14.9 Å². The highest BCUT2D eigenvalue weighted by atomic mass is 32.1. The van der Waals surface area contributed by atoms with Crippen LogP contribution in [0.2, 0.25) is 0 Å². The second kappa shape index (κ2) is 8.54. The van der Waals surface area contributed by atoms with E-state index in [0.29, 0.717) is 16.5 Å². The molecule has 1 fully saturated rings. The first kappa shape index (κ1) is 19.3. The first-order valence-electron chi connectivity index (χ1n) is 9.41. The number of anilines is 1. The lowest BCUT2D eigenvalue weighted by molar-refractivity contribution is -0.384. The molecule has 3 heterocycles. The molecule has 0 bridgehead atoms. The minimum Gasteiger partial charge on any atom is -0.451 e. The Hall–Kier alpha value is -3.04. The van der Waals surface area contributed by atoms with Crippen molar-refractivity contribution in [2.45, 2.75) is 25.8 Å². The molecule has 150 valence electrons. The summed E-state index contributed by atoms with van der Waals surface area (Å²) in [4.78, 5) is 30.7. The molecular weight excluding hydrogens is 392 g/mol. The quantitative estimate of drug-likeness (QED) is 0.471. The number of nitrogens with zero attached hydrogens (tertiary/aromatic N) is 3. The number of nitrogens with one attached hydrogen (secondary N) is 1. The predicted octanol–water partition coefficient (Wildman–Crippen LogP) is 4.55. The van der Waals surface area contributed by atoms with Crippen molar-refractivity contribution in [1.82, 2.24) is 9.88 Å². The van der Waals surface area contributed by atoms with Crippen molar-refractivity contribution in [1.29, 1.82) is 0 Å². The molecule has 0 radical (unpaired) electrons. The number of piperidine rings is 1. The smallest absolute Gasteiger partial charge is 0.293 e. The first-order chi connectivity index (χ1) is 14.1. The molecule has 1 amide bonds. The minimum atomic E-state index is -0.468. The molecule has 1 aromatic carbocycles. The summed E-state index contributed by atoms with van der Waals surface area (Å²) in [6, 6.07) is 9.26. The monoisotopic (exact) mass is 412 g/mol. The van der Waals surface area contributed by atoms with Crippen LogP contribution in [-0.2, 0) is 6.54 Å². The summed E-state index contributed by atoms with van der Waals surface area (Å²) in [6.45, 7) is 3.06. The van der Waals surface area contributed by atoms with E-state index in [4.69, 9.17) is 4.42 Å². The van der Waals surface area contributed by atoms with Gasteiger partial charge in [0.25, 0.3) is 11.6 Å². The maximum atomic E-state index is 12.5. The van der Waals surface area contributed by atoms with Crippen molar-refractivity contribution in [3.8, 4) is 11.3 Å². The lowest BCUT2D eigenvalue weighted by Crippen LogP contribution is -2.28. The van der Waals surface area contributed by atoms with Gasteiger partial charge >= 0.3 is 0 Å². The molecular formula is C20H20N4O4S. The summed E-state index contributed by atoms with van der Waals surface area (Å²) in [6.07, 6.45) is 5.55. The van der Waals surface area contributed by atoms with E-state index < -0.39 is 10.8 Å². The Balaban J connectivity index is 1.41.